The van der Waals surface area contributed by atoms with Gasteiger partial charge in [0.15, 0.2) is 5.96 Å². The van der Waals surface area contributed by atoms with E-state index < -0.39 is 5.60 Å². The zero-order valence-corrected chi connectivity index (χ0v) is 17.5. The SMILES string of the molecule is CCN(CCNC(=NC)NCCc1ccc(OC)cc1)C(=O)OC(C)(C)C. The van der Waals surface area contributed by atoms with Crippen LogP contribution in [0.2, 0.25) is 0 Å². The fourth-order valence-corrected chi connectivity index (χ4v) is 2.35. The van der Waals surface area contributed by atoms with E-state index in [2.05, 4.69) is 27.8 Å². The molecule has 152 valence electrons. The lowest BCUT2D eigenvalue weighted by Gasteiger charge is -2.26. The fourth-order valence-electron chi connectivity index (χ4n) is 2.35. The highest BCUT2D eigenvalue weighted by molar-refractivity contribution is 5.79. The molecule has 0 aliphatic heterocycles. The average Bonchev–Trinajstić information content (AvgIpc) is 2.62. The Balaban J connectivity index is 2.35. The van der Waals surface area contributed by atoms with E-state index in [0.29, 0.717) is 25.6 Å². The summed E-state index contributed by atoms with van der Waals surface area (Å²) in [5.74, 6) is 1.57. The van der Waals surface area contributed by atoms with Crippen molar-refractivity contribution in [2.24, 2.45) is 4.99 Å². The summed E-state index contributed by atoms with van der Waals surface area (Å²) in [6.07, 6.45) is 0.582. The van der Waals surface area contributed by atoms with Crippen molar-refractivity contribution in [2.75, 3.05) is 40.3 Å². The van der Waals surface area contributed by atoms with E-state index in [0.717, 1.165) is 18.7 Å². The van der Waals surface area contributed by atoms with Gasteiger partial charge in [0.1, 0.15) is 11.4 Å². The number of hydrogen-bond donors (Lipinski definition) is 2. The lowest BCUT2D eigenvalue weighted by molar-refractivity contribution is 0.0264. The minimum atomic E-state index is -0.489. The monoisotopic (exact) mass is 378 g/mol. The van der Waals surface area contributed by atoms with E-state index >= 15 is 0 Å². The third kappa shape index (κ3) is 9.17. The van der Waals surface area contributed by atoms with Crippen LogP contribution in [0.15, 0.2) is 29.3 Å². The van der Waals surface area contributed by atoms with Crippen LogP contribution in [0.3, 0.4) is 0 Å². The summed E-state index contributed by atoms with van der Waals surface area (Å²) >= 11 is 0. The first-order valence-electron chi connectivity index (χ1n) is 9.34. The van der Waals surface area contributed by atoms with Gasteiger partial charge in [-0.3, -0.25) is 4.99 Å². The van der Waals surface area contributed by atoms with Gasteiger partial charge in [-0.05, 0) is 51.8 Å². The maximum absolute atomic E-state index is 12.1. The number of methoxy groups -OCH3 is 1. The van der Waals surface area contributed by atoms with Crippen LogP contribution in [0.4, 0.5) is 4.79 Å². The second-order valence-electron chi connectivity index (χ2n) is 7.08. The highest BCUT2D eigenvalue weighted by Gasteiger charge is 2.20. The van der Waals surface area contributed by atoms with Crippen molar-refractivity contribution in [2.45, 2.75) is 39.7 Å². The number of carbonyl (C=O) groups excluding carboxylic acids is 1. The van der Waals surface area contributed by atoms with E-state index in [1.807, 2.05) is 39.8 Å². The zero-order chi connectivity index (χ0) is 20.3. The van der Waals surface area contributed by atoms with Crippen molar-refractivity contribution in [3.05, 3.63) is 29.8 Å². The molecule has 0 aliphatic rings. The molecule has 0 aromatic heterocycles. The number of nitrogens with one attached hydrogen (secondary N) is 2. The maximum Gasteiger partial charge on any atom is 0.410 e. The Hall–Kier alpha value is -2.44. The molecule has 1 amide bonds. The van der Waals surface area contributed by atoms with E-state index in [4.69, 9.17) is 9.47 Å². The number of hydrogen-bond acceptors (Lipinski definition) is 4. The average molecular weight is 379 g/mol. The number of guanidine groups is 1. The summed E-state index contributed by atoms with van der Waals surface area (Å²) in [5, 5.41) is 6.50. The maximum atomic E-state index is 12.1. The molecule has 7 heteroatoms. The Morgan fingerprint density at radius 1 is 1.15 bits per heavy atom. The van der Waals surface area contributed by atoms with Gasteiger partial charge in [-0.2, -0.15) is 0 Å². The highest BCUT2D eigenvalue weighted by Crippen LogP contribution is 2.11. The van der Waals surface area contributed by atoms with Crippen molar-refractivity contribution < 1.29 is 14.3 Å². The van der Waals surface area contributed by atoms with E-state index in [1.54, 1.807) is 19.1 Å². The molecule has 1 aromatic carbocycles. The van der Waals surface area contributed by atoms with Gasteiger partial charge in [-0.15, -0.1) is 0 Å². The number of aliphatic imine (C=N–C) groups is 1. The van der Waals surface area contributed by atoms with Gasteiger partial charge >= 0.3 is 6.09 Å². The van der Waals surface area contributed by atoms with Crippen LogP contribution in [-0.2, 0) is 11.2 Å². The lowest BCUT2D eigenvalue weighted by atomic mass is 10.1. The number of nitrogens with zero attached hydrogens (tertiary/aromatic N) is 2. The molecule has 0 radical (unpaired) electrons. The summed E-state index contributed by atoms with van der Waals surface area (Å²) in [6, 6.07) is 8.02. The smallest absolute Gasteiger partial charge is 0.410 e. The number of benzene rings is 1. The predicted octanol–water partition coefficient (Wildman–Crippen LogP) is 2.66. The third-order valence-corrected chi connectivity index (χ3v) is 3.80. The standard InChI is InChI=1S/C20H34N4O3/c1-7-24(19(25)27-20(2,3)4)15-14-23-18(21-5)22-13-12-16-8-10-17(26-6)11-9-16/h8-11H,7,12-15H2,1-6H3,(H2,21,22,23). The zero-order valence-electron chi connectivity index (χ0n) is 17.5. The normalized spacial score (nSPS) is 11.7. The molecule has 0 spiro atoms. The summed E-state index contributed by atoms with van der Waals surface area (Å²) in [7, 11) is 3.39. The number of likely N-dealkylation sites (N-methyl/N-ethyl adjacent to an activating group) is 1. The van der Waals surface area contributed by atoms with E-state index in [-0.39, 0.29) is 6.09 Å². The van der Waals surface area contributed by atoms with Gasteiger partial charge in [0.05, 0.1) is 7.11 Å². The molecule has 0 saturated carbocycles. The Kier molecular flexibility index (Phi) is 9.47. The Labute approximate surface area is 163 Å². The van der Waals surface area contributed by atoms with Crippen LogP contribution in [0.1, 0.15) is 33.3 Å². The van der Waals surface area contributed by atoms with Gasteiger partial charge in [0, 0.05) is 33.2 Å². The first-order chi connectivity index (χ1) is 12.8. The van der Waals surface area contributed by atoms with E-state index in [1.165, 1.54) is 5.56 Å². The molecule has 27 heavy (non-hydrogen) atoms. The molecule has 0 unspecified atom stereocenters. The minimum absolute atomic E-state index is 0.297. The Morgan fingerprint density at radius 2 is 1.78 bits per heavy atom. The van der Waals surface area contributed by atoms with Gasteiger partial charge < -0.3 is 25.0 Å². The van der Waals surface area contributed by atoms with Gasteiger partial charge in [0.2, 0.25) is 0 Å². The highest BCUT2D eigenvalue weighted by atomic mass is 16.6. The van der Waals surface area contributed by atoms with Crippen LogP contribution in [0, 0.1) is 0 Å². The van der Waals surface area contributed by atoms with Crippen LogP contribution < -0.4 is 15.4 Å². The molecule has 0 fully saturated rings. The van der Waals surface area contributed by atoms with Gasteiger partial charge in [0.25, 0.3) is 0 Å². The van der Waals surface area contributed by atoms with Crippen molar-refractivity contribution in [3.8, 4) is 5.75 Å². The van der Waals surface area contributed by atoms with Gasteiger partial charge in [-0.1, -0.05) is 12.1 Å². The fraction of sp³-hybridized carbons (Fsp3) is 0.600. The molecule has 2 N–H and O–H groups in total. The summed E-state index contributed by atoms with van der Waals surface area (Å²) in [5.41, 5.74) is 0.734. The summed E-state index contributed by atoms with van der Waals surface area (Å²) in [4.78, 5) is 18.0. The number of rotatable bonds is 8. The lowest BCUT2D eigenvalue weighted by Crippen LogP contribution is -2.44. The quantitative estimate of drug-likeness (QED) is 0.537. The molecule has 1 aromatic rings. The molecule has 0 aliphatic carbocycles. The Morgan fingerprint density at radius 3 is 2.30 bits per heavy atom. The molecule has 1 rings (SSSR count). The van der Waals surface area contributed by atoms with Crippen molar-refractivity contribution >= 4 is 12.1 Å². The van der Waals surface area contributed by atoms with Crippen LogP contribution >= 0.6 is 0 Å². The number of carbonyl (C=O) groups is 1. The Bertz CT molecular complexity index is 594. The van der Waals surface area contributed by atoms with Gasteiger partial charge in [-0.25, -0.2) is 4.79 Å². The minimum Gasteiger partial charge on any atom is -0.497 e. The summed E-state index contributed by atoms with van der Waals surface area (Å²) in [6.45, 7) is 10.0. The molecule has 7 nitrogen and oxygen atoms in total. The van der Waals surface area contributed by atoms with Crippen molar-refractivity contribution in [3.63, 3.8) is 0 Å². The van der Waals surface area contributed by atoms with E-state index in [9.17, 15) is 4.79 Å². The molecular weight excluding hydrogens is 344 g/mol. The summed E-state index contributed by atoms with van der Waals surface area (Å²) < 4.78 is 10.6. The first-order valence-corrected chi connectivity index (χ1v) is 9.34. The van der Waals surface area contributed by atoms with Crippen LogP contribution in [0.25, 0.3) is 0 Å². The van der Waals surface area contributed by atoms with Crippen molar-refractivity contribution in [1.82, 2.24) is 15.5 Å². The second kappa shape index (κ2) is 11.3. The molecule has 0 heterocycles. The topological polar surface area (TPSA) is 75.2 Å². The third-order valence-electron chi connectivity index (χ3n) is 3.80. The van der Waals surface area contributed by atoms with Crippen LogP contribution in [-0.4, -0.2) is 62.9 Å². The number of amides is 1. The molecule has 0 bridgehead atoms. The molecule has 0 saturated heterocycles. The predicted molar refractivity (Wildman–Crippen MR) is 110 cm³/mol. The number of ether oxygens (including phenoxy) is 2. The largest absolute Gasteiger partial charge is 0.497 e. The second-order valence-corrected chi connectivity index (χ2v) is 7.08. The van der Waals surface area contributed by atoms with Crippen LogP contribution in [0.5, 0.6) is 5.75 Å². The van der Waals surface area contributed by atoms with Crippen molar-refractivity contribution in [1.29, 1.82) is 0 Å². The molecule has 0 atom stereocenters. The first kappa shape index (κ1) is 22.6. The molecular formula is C20H34N4O3.